The number of aryl methyl sites for hydroxylation is 1. The lowest BCUT2D eigenvalue weighted by Gasteiger charge is -2.26. The van der Waals surface area contributed by atoms with E-state index in [-0.39, 0.29) is 17.0 Å². The Labute approximate surface area is 171 Å². The molecule has 1 fully saturated rings. The minimum absolute atomic E-state index is 0.0582. The highest BCUT2D eigenvalue weighted by atomic mass is 19.1. The molecule has 0 saturated carbocycles. The Morgan fingerprint density at radius 2 is 1.93 bits per heavy atom. The van der Waals surface area contributed by atoms with Crippen molar-refractivity contribution in [3.8, 4) is 0 Å². The highest BCUT2D eigenvalue weighted by Crippen LogP contribution is 2.29. The minimum Gasteiger partial charge on any atom is -0.365 e. The zero-order valence-electron chi connectivity index (χ0n) is 16.2. The summed E-state index contributed by atoms with van der Waals surface area (Å²) in [4.78, 5) is 52.5. The summed E-state index contributed by atoms with van der Waals surface area (Å²) in [5.74, 6) is -2.25. The number of carbonyl (C=O) groups is 3. The first-order chi connectivity index (χ1) is 14.3. The molecule has 1 saturated heterocycles. The largest absolute Gasteiger partial charge is 0.365 e. The second kappa shape index (κ2) is 7.74. The molecule has 9 heteroatoms. The van der Waals surface area contributed by atoms with E-state index in [2.05, 4.69) is 10.3 Å². The summed E-state index contributed by atoms with van der Waals surface area (Å²) in [6, 6.07) is 4.92. The van der Waals surface area contributed by atoms with Crippen LogP contribution in [0, 0.1) is 5.82 Å². The Kier molecular flexibility index (Phi) is 5.11. The number of amides is 3. The molecule has 0 radical (unpaired) electrons. The zero-order chi connectivity index (χ0) is 21.4. The van der Waals surface area contributed by atoms with Gasteiger partial charge in [-0.2, -0.15) is 0 Å². The SMILES string of the molecule is NC(=O)c1cc2c([nH]c1=O)CCCC2NC(=O)c1cc(N2CCCC2=O)ccc1F. The van der Waals surface area contributed by atoms with Gasteiger partial charge in [0.25, 0.3) is 17.4 Å². The number of carbonyl (C=O) groups excluding carboxylic acids is 3. The standard InChI is InChI=1S/C21H21FN4O4/c22-15-7-6-11(26-8-2-5-18(26)27)9-12(15)20(29)24-16-3-1-4-17-13(16)10-14(19(23)28)21(30)25-17/h6-7,9-10,16H,1-5,8H2,(H2,23,28)(H,24,29)(H,25,30). The lowest BCUT2D eigenvalue weighted by molar-refractivity contribution is -0.117. The van der Waals surface area contributed by atoms with Crippen LogP contribution in [0.15, 0.2) is 29.1 Å². The molecular formula is C21H21FN4O4. The predicted octanol–water partition coefficient (Wildman–Crippen LogP) is 1.55. The summed E-state index contributed by atoms with van der Waals surface area (Å²) >= 11 is 0. The number of primary amides is 1. The molecule has 2 heterocycles. The molecule has 1 aliphatic heterocycles. The summed E-state index contributed by atoms with van der Waals surface area (Å²) in [6.07, 6.45) is 3.01. The van der Waals surface area contributed by atoms with Crippen LogP contribution in [0.3, 0.4) is 0 Å². The van der Waals surface area contributed by atoms with E-state index in [1.54, 1.807) is 0 Å². The van der Waals surface area contributed by atoms with Crippen LogP contribution in [0.4, 0.5) is 10.1 Å². The van der Waals surface area contributed by atoms with E-state index in [9.17, 15) is 23.6 Å². The van der Waals surface area contributed by atoms with Gasteiger partial charge >= 0.3 is 0 Å². The van der Waals surface area contributed by atoms with Crippen LogP contribution in [0.5, 0.6) is 0 Å². The van der Waals surface area contributed by atoms with Crippen molar-refractivity contribution in [1.29, 1.82) is 0 Å². The summed E-state index contributed by atoms with van der Waals surface area (Å²) in [7, 11) is 0. The Morgan fingerprint density at radius 1 is 1.13 bits per heavy atom. The number of H-pyrrole nitrogens is 1. The van der Waals surface area contributed by atoms with E-state index in [1.807, 2.05) is 0 Å². The van der Waals surface area contributed by atoms with Crippen LogP contribution in [-0.4, -0.2) is 29.3 Å². The molecule has 1 aromatic carbocycles. The topological polar surface area (TPSA) is 125 Å². The summed E-state index contributed by atoms with van der Waals surface area (Å²) < 4.78 is 14.4. The molecule has 4 N–H and O–H groups in total. The Bertz CT molecular complexity index is 1110. The van der Waals surface area contributed by atoms with Gasteiger partial charge in [0.2, 0.25) is 5.91 Å². The summed E-state index contributed by atoms with van der Waals surface area (Å²) in [6.45, 7) is 0.533. The van der Waals surface area contributed by atoms with Gasteiger partial charge in [-0.1, -0.05) is 0 Å². The number of nitrogens with zero attached hydrogens (tertiary/aromatic N) is 1. The number of nitrogens with one attached hydrogen (secondary N) is 2. The van der Waals surface area contributed by atoms with E-state index in [0.717, 1.165) is 6.42 Å². The van der Waals surface area contributed by atoms with Gasteiger partial charge in [0.05, 0.1) is 11.6 Å². The number of aromatic amines is 1. The first kappa shape index (κ1) is 19.8. The molecule has 1 aromatic heterocycles. The van der Waals surface area contributed by atoms with Crippen LogP contribution in [0.1, 0.15) is 63.7 Å². The van der Waals surface area contributed by atoms with E-state index >= 15 is 0 Å². The summed E-state index contributed by atoms with van der Waals surface area (Å²) in [5.41, 5.74) is 6.04. The van der Waals surface area contributed by atoms with E-state index in [4.69, 9.17) is 5.73 Å². The Balaban J connectivity index is 1.63. The maximum Gasteiger partial charge on any atom is 0.261 e. The van der Waals surface area contributed by atoms with Gasteiger partial charge in [-0.15, -0.1) is 0 Å². The molecule has 4 rings (SSSR count). The Hall–Kier alpha value is -3.49. The quantitative estimate of drug-likeness (QED) is 0.704. The minimum atomic E-state index is -0.858. The third-order valence-electron chi connectivity index (χ3n) is 5.60. The average molecular weight is 412 g/mol. The third-order valence-corrected chi connectivity index (χ3v) is 5.60. The molecule has 2 aliphatic rings. The van der Waals surface area contributed by atoms with Crippen molar-refractivity contribution in [2.75, 3.05) is 11.4 Å². The first-order valence-corrected chi connectivity index (χ1v) is 9.82. The zero-order valence-corrected chi connectivity index (χ0v) is 16.2. The van der Waals surface area contributed by atoms with E-state index in [1.165, 1.54) is 29.2 Å². The molecular weight excluding hydrogens is 391 g/mol. The number of rotatable bonds is 4. The molecule has 0 spiro atoms. The monoisotopic (exact) mass is 412 g/mol. The Morgan fingerprint density at radius 3 is 2.63 bits per heavy atom. The normalized spacial score (nSPS) is 18.2. The second-order valence-corrected chi connectivity index (χ2v) is 7.54. The number of fused-ring (bicyclic) bond motifs is 1. The second-order valence-electron chi connectivity index (χ2n) is 7.54. The van der Waals surface area contributed by atoms with Crippen molar-refractivity contribution in [3.63, 3.8) is 0 Å². The van der Waals surface area contributed by atoms with Crippen LogP contribution in [0.25, 0.3) is 0 Å². The van der Waals surface area contributed by atoms with Crippen LogP contribution in [0.2, 0.25) is 0 Å². The number of halogens is 1. The molecule has 1 unspecified atom stereocenters. The van der Waals surface area contributed by atoms with Crippen molar-refractivity contribution in [3.05, 3.63) is 62.8 Å². The van der Waals surface area contributed by atoms with Crippen LogP contribution >= 0.6 is 0 Å². The van der Waals surface area contributed by atoms with E-state index < -0.39 is 29.2 Å². The number of benzene rings is 1. The van der Waals surface area contributed by atoms with Crippen molar-refractivity contribution in [2.45, 2.75) is 38.1 Å². The number of hydrogen-bond donors (Lipinski definition) is 3. The number of nitrogens with two attached hydrogens (primary N) is 1. The van der Waals surface area contributed by atoms with Crippen molar-refractivity contribution in [1.82, 2.24) is 10.3 Å². The van der Waals surface area contributed by atoms with Gasteiger partial charge in [-0.25, -0.2) is 4.39 Å². The predicted molar refractivity (Wildman–Crippen MR) is 107 cm³/mol. The average Bonchev–Trinajstić information content (AvgIpc) is 3.13. The highest BCUT2D eigenvalue weighted by molar-refractivity contribution is 5.99. The van der Waals surface area contributed by atoms with Gasteiger partial charge in [0, 0.05) is 24.3 Å². The van der Waals surface area contributed by atoms with Crippen molar-refractivity contribution in [2.24, 2.45) is 5.73 Å². The van der Waals surface area contributed by atoms with Crippen LogP contribution < -0.4 is 21.5 Å². The number of aromatic nitrogens is 1. The fourth-order valence-electron chi connectivity index (χ4n) is 4.09. The molecule has 8 nitrogen and oxygen atoms in total. The van der Waals surface area contributed by atoms with Gasteiger partial charge < -0.3 is 20.9 Å². The van der Waals surface area contributed by atoms with Crippen molar-refractivity contribution < 1.29 is 18.8 Å². The fourth-order valence-corrected chi connectivity index (χ4v) is 4.09. The molecule has 1 atom stereocenters. The molecule has 156 valence electrons. The molecule has 1 aliphatic carbocycles. The number of hydrogen-bond acceptors (Lipinski definition) is 4. The fraction of sp³-hybridized carbons (Fsp3) is 0.333. The van der Waals surface area contributed by atoms with Gasteiger partial charge in [-0.05, 0) is 55.5 Å². The number of pyridine rings is 1. The lowest BCUT2D eigenvalue weighted by atomic mass is 9.90. The summed E-state index contributed by atoms with van der Waals surface area (Å²) in [5, 5.41) is 2.79. The van der Waals surface area contributed by atoms with E-state index in [0.29, 0.717) is 49.2 Å². The maximum absolute atomic E-state index is 14.4. The maximum atomic E-state index is 14.4. The molecule has 30 heavy (non-hydrogen) atoms. The number of anilines is 1. The smallest absolute Gasteiger partial charge is 0.261 e. The molecule has 0 bridgehead atoms. The lowest BCUT2D eigenvalue weighted by Crippen LogP contribution is -2.34. The van der Waals surface area contributed by atoms with Crippen LogP contribution in [-0.2, 0) is 11.2 Å². The van der Waals surface area contributed by atoms with Gasteiger partial charge in [0.15, 0.2) is 0 Å². The first-order valence-electron chi connectivity index (χ1n) is 9.82. The van der Waals surface area contributed by atoms with Crippen molar-refractivity contribution >= 4 is 23.4 Å². The molecule has 3 amide bonds. The van der Waals surface area contributed by atoms with Gasteiger partial charge in [-0.3, -0.25) is 19.2 Å². The van der Waals surface area contributed by atoms with Gasteiger partial charge in [0.1, 0.15) is 11.4 Å². The highest BCUT2D eigenvalue weighted by Gasteiger charge is 2.27. The third kappa shape index (κ3) is 3.58. The molecule has 2 aromatic rings.